The minimum Gasteiger partial charge on any atom is -0.478 e. The molecule has 1 fully saturated rings. The van der Waals surface area contributed by atoms with Gasteiger partial charge in [0, 0.05) is 12.6 Å². The molecule has 1 unspecified atom stereocenters. The van der Waals surface area contributed by atoms with E-state index in [4.69, 9.17) is 9.84 Å². The fourth-order valence-electron chi connectivity index (χ4n) is 1.75. The summed E-state index contributed by atoms with van der Waals surface area (Å²) >= 11 is 0. The van der Waals surface area contributed by atoms with Gasteiger partial charge in [-0.05, 0) is 24.6 Å². The standard InChI is InChI=1S/C11H12FNO5S/c12-10-2-1-8(5-9(10)11(14)15)19(16,17)13-7-3-4-18-6-7/h1-2,5,7,13H,3-4,6H2,(H,14,15). The molecular weight excluding hydrogens is 277 g/mol. The third kappa shape index (κ3) is 3.09. The lowest BCUT2D eigenvalue weighted by atomic mass is 10.2. The molecule has 1 heterocycles. The zero-order valence-corrected chi connectivity index (χ0v) is 10.6. The van der Waals surface area contributed by atoms with Crippen LogP contribution in [-0.4, -0.2) is 38.7 Å². The Morgan fingerprint density at radius 2 is 2.21 bits per heavy atom. The van der Waals surface area contributed by atoms with Crippen LogP contribution in [0, 0.1) is 5.82 Å². The van der Waals surface area contributed by atoms with Crippen molar-refractivity contribution in [2.75, 3.05) is 13.2 Å². The molecule has 2 N–H and O–H groups in total. The van der Waals surface area contributed by atoms with Gasteiger partial charge in [-0.3, -0.25) is 0 Å². The predicted molar refractivity (Wildman–Crippen MR) is 62.9 cm³/mol. The molecule has 1 aromatic carbocycles. The molecule has 0 saturated carbocycles. The number of aromatic carboxylic acids is 1. The van der Waals surface area contributed by atoms with Crippen LogP contribution in [0.3, 0.4) is 0 Å². The summed E-state index contributed by atoms with van der Waals surface area (Å²) in [4.78, 5) is 10.5. The average molecular weight is 289 g/mol. The molecule has 1 aliphatic heterocycles. The lowest BCUT2D eigenvalue weighted by molar-refractivity contribution is 0.0691. The Morgan fingerprint density at radius 1 is 1.47 bits per heavy atom. The van der Waals surface area contributed by atoms with Crippen molar-refractivity contribution in [3.8, 4) is 0 Å². The first-order valence-electron chi connectivity index (χ1n) is 5.53. The minimum absolute atomic E-state index is 0.270. The molecule has 19 heavy (non-hydrogen) atoms. The van der Waals surface area contributed by atoms with Crippen LogP contribution in [0.1, 0.15) is 16.8 Å². The Morgan fingerprint density at radius 3 is 2.79 bits per heavy atom. The van der Waals surface area contributed by atoms with Gasteiger partial charge in [-0.25, -0.2) is 22.3 Å². The first kappa shape index (κ1) is 13.9. The number of hydrogen-bond acceptors (Lipinski definition) is 4. The number of carboxylic acid groups (broad SMARTS) is 1. The van der Waals surface area contributed by atoms with Crippen molar-refractivity contribution < 1.29 is 27.4 Å². The Bertz CT molecular complexity index is 595. The van der Waals surface area contributed by atoms with Gasteiger partial charge < -0.3 is 9.84 Å². The van der Waals surface area contributed by atoms with E-state index >= 15 is 0 Å². The fourth-order valence-corrected chi connectivity index (χ4v) is 3.03. The number of rotatable bonds is 4. The molecule has 0 aliphatic carbocycles. The summed E-state index contributed by atoms with van der Waals surface area (Å²) in [5.74, 6) is -2.49. The Kier molecular flexibility index (Phi) is 3.83. The first-order valence-corrected chi connectivity index (χ1v) is 7.01. The van der Waals surface area contributed by atoms with Crippen molar-refractivity contribution in [2.45, 2.75) is 17.4 Å². The van der Waals surface area contributed by atoms with Gasteiger partial charge in [0.05, 0.1) is 17.1 Å². The van der Waals surface area contributed by atoms with Crippen molar-refractivity contribution in [2.24, 2.45) is 0 Å². The molecule has 1 aromatic rings. The summed E-state index contributed by atoms with van der Waals surface area (Å²) in [7, 11) is -3.88. The number of nitrogens with one attached hydrogen (secondary N) is 1. The van der Waals surface area contributed by atoms with Crippen LogP contribution >= 0.6 is 0 Å². The summed E-state index contributed by atoms with van der Waals surface area (Å²) in [6, 6.07) is 2.31. The molecule has 0 amide bonds. The van der Waals surface area contributed by atoms with Crippen LogP contribution in [0.2, 0.25) is 0 Å². The molecule has 0 spiro atoms. The van der Waals surface area contributed by atoms with Crippen LogP contribution in [-0.2, 0) is 14.8 Å². The van der Waals surface area contributed by atoms with Crippen LogP contribution < -0.4 is 4.72 Å². The summed E-state index contributed by atoms with van der Waals surface area (Å²) in [6.45, 7) is 0.739. The zero-order valence-electron chi connectivity index (χ0n) is 9.80. The van der Waals surface area contributed by atoms with E-state index < -0.39 is 27.4 Å². The number of sulfonamides is 1. The van der Waals surface area contributed by atoms with Gasteiger partial charge in [0.1, 0.15) is 5.82 Å². The van der Waals surface area contributed by atoms with E-state index in [1.54, 1.807) is 0 Å². The predicted octanol–water partition coefficient (Wildman–Crippen LogP) is 0.591. The topological polar surface area (TPSA) is 92.7 Å². The zero-order chi connectivity index (χ0) is 14.0. The van der Waals surface area contributed by atoms with E-state index in [1.807, 2.05) is 0 Å². The second kappa shape index (κ2) is 5.24. The maximum Gasteiger partial charge on any atom is 0.338 e. The van der Waals surface area contributed by atoms with Gasteiger partial charge in [0.15, 0.2) is 0 Å². The van der Waals surface area contributed by atoms with Crippen molar-refractivity contribution in [1.29, 1.82) is 0 Å². The van der Waals surface area contributed by atoms with Gasteiger partial charge in [0.25, 0.3) is 0 Å². The molecule has 0 radical (unpaired) electrons. The summed E-state index contributed by atoms with van der Waals surface area (Å²) in [6.07, 6.45) is 0.548. The smallest absolute Gasteiger partial charge is 0.338 e. The number of benzene rings is 1. The van der Waals surface area contributed by atoms with Crippen molar-refractivity contribution >= 4 is 16.0 Å². The van der Waals surface area contributed by atoms with E-state index in [-0.39, 0.29) is 17.5 Å². The first-order chi connectivity index (χ1) is 8.90. The summed E-state index contributed by atoms with van der Waals surface area (Å²) in [5, 5.41) is 8.76. The van der Waals surface area contributed by atoms with Crippen molar-refractivity contribution in [3.63, 3.8) is 0 Å². The van der Waals surface area contributed by atoms with Gasteiger partial charge >= 0.3 is 5.97 Å². The average Bonchev–Trinajstić information content (AvgIpc) is 2.80. The number of ether oxygens (including phenoxy) is 1. The highest BCUT2D eigenvalue weighted by Gasteiger charge is 2.25. The number of hydrogen-bond donors (Lipinski definition) is 2. The number of carbonyl (C=O) groups is 1. The minimum atomic E-state index is -3.88. The van der Waals surface area contributed by atoms with Crippen LogP contribution in [0.25, 0.3) is 0 Å². The van der Waals surface area contributed by atoms with Crippen LogP contribution in [0.15, 0.2) is 23.1 Å². The van der Waals surface area contributed by atoms with E-state index in [0.717, 1.165) is 18.2 Å². The van der Waals surface area contributed by atoms with E-state index in [0.29, 0.717) is 13.0 Å². The van der Waals surface area contributed by atoms with Gasteiger partial charge in [0.2, 0.25) is 10.0 Å². The van der Waals surface area contributed by atoms with Crippen molar-refractivity contribution in [3.05, 3.63) is 29.6 Å². The normalized spacial score (nSPS) is 19.5. The lowest BCUT2D eigenvalue weighted by Crippen LogP contribution is -2.35. The largest absolute Gasteiger partial charge is 0.478 e. The highest BCUT2D eigenvalue weighted by molar-refractivity contribution is 7.89. The Balaban J connectivity index is 2.29. The quantitative estimate of drug-likeness (QED) is 0.846. The van der Waals surface area contributed by atoms with Crippen molar-refractivity contribution in [1.82, 2.24) is 4.72 Å². The molecule has 1 aliphatic rings. The Hall–Kier alpha value is -1.51. The lowest BCUT2D eigenvalue weighted by Gasteiger charge is -2.11. The maximum absolute atomic E-state index is 13.2. The van der Waals surface area contributed by atoms with Crippen LogP contribution in [0.5, 0.6) is 0 Å². The maximum atomic E-state index is 13.2. The molecule has 8 heteroatoms. The second-order valence-corrected chi connectivity index (χ2v) is 5.84. The van der Waals surface area contributed by atoms with Gasteiger partial charge in [-0.1, -0.05) is 0 Å². The third-order valence-electron chi connectivity index (χ3n) is 2.73. The molecule has 104 valence electrons. The molecule has 1 atom stereocenters. The highest BCUT2D eigenvalue weighted by atomic mass is 32.2. The molecular formula is C11H12FNO5S. The van der Waals surface area contributed by atoms with Gasteiger partial charge in [-0.15, -0.1) is 0 Å². The molecule has 0 aromatic heterocycles. The molecule has 1 saturated heterocycles. The summed E-state index contributed by atoms with van der Waals surface area (Å²) in [5.41, 5.74) is -0.675. The number of carboxylic acids is 1. The third-order valence-corrected chi connectivity index (χ3v) is 4.25. The molecule has 2 rings (SSSR count). The monoisotopic (exact) mass is 289 g/mol. The van der Waals surface area contributed by atoms with E-state index in [9.17, 15) is 17.6 Å². The second-order valence-electron chi connectivity index (χ2n) is 4.13. The SMILES string of the molecule is O=C(O)c1cc(S(=O)(=O)NC2CCOC2)ccc1F. The van der Waals surface area contributed by atoms with Gasteiger partial charge in [-0.2, -0.15) is 0 Å². The summed E-state index contributed by atoms with van der Waals surface area (Å²) < 4.78 is 44.6. The fraction of sp³-hybridized carbons (Fsp3) is 0.364. The Labute approximate surface area is 109 Å². The van der Waals surface area contributed by atoms with Crippen LogP contribution in [0.4, 0.5) is 4.39 Å². The highest BCUT2D eigenvalue weighted by Crippen LogP contribution is 2.16. The molecule has 0 bridgehead atoms. The van der Waals surface area contributed by atoms with E-state index in [1.165, 1.54) is 0 Å². The molecule has 6 nitrogen and oxygen atoms in total. The number of halogens is 1. The van der Waals surface area contributed by atoms with E-state index in [2.05, 4.69) is 4.72 Å².